The number of halogens is 4. The van der Waals surface area contributed by atoms with Gasteiger partial charge in [0.1, 0.15) is 24.7 Å². The van der Waals surface area contributed by atoms with E-state index in [2.05, 4.69) is 41.3 Å². The standard InChI is InChI=1S/C23H19BrF3N5O4/c1-13-6-18-21(29-8-13)32(11-20(33)30-18)22(34)31-19(12-35-17-7-15(24)9-28-10-17)14-2-4-16(5-3-14)36-23(25,26)27/h2-10,19H,11-12H2,1H3,(H,30,33)(H,31,34). The zero-order valence-electron chi connectivity index (χ0n) is 18.7. The van der Waals surface area contributed by atoms with Crippen molar-refractivity contribution in [3.8, 4) is 11.5 Å². The number of aryl methyl sites for hydroxylation is 1. The Balaban J connectivity index is 1.57. The lowest BCUT2D eigenvalue weighted by Gasteiger charge is -2.30. The van der Waals surface area contributed by atoms with Crippen LogP contribution in [-0.2, 0) is 4.79 Å². The van der Waals surface area contributed by atoms with Crippen LogP contribution < -0.4 is 25.0 Å². The smallest absolute Gasteiger partial charge is 0.489 e. The molecule has 2 aromatic heterocycles. The minimum atomic E-state index is -4.83. The number of ether oxygens (including phenoxy) is 2. The molecular weight excluding hydrogens is 547 g/mol. The highest BCUT2D eigenvalue weighted by Gasteiger charge is 2.32. The van der Waals surface area contributed by atoms with Gasteiger partial charge in [0.15, 0.2) is 5.82 Å². The molecular formula is C23H19BrF3N5O4. The highest BCUT2D eigenvalue weighted by Crippen LogP contribution is 2.29. The summed E-state index contributed by atoms with van der Waals surface area (Å²) in [5.41, 5.74) is 1.63. The molecule has 3 aromatic rings. The average Bonchev–Trinajstić information content (AvgIpc) is 2.80. The number of rotatable bonds is 6. The lowest BCUT2D eigenvalue weighted by molar-refractivity contribution is -0.274. The summed E-state index contributed by atoms with van der Waals surface area (Å²) in [5, 5.41) is 5.46. The van der Waals surface area contributed by atoms with E-state index in [0.717, 1.165) is 17.7 Å². The summed E-state index contributed by atoms with van der Waals surface area (Å²) in [6.07, 6.45) is -0.225. The van der Waals surface area contributed by atoms with Gasteiger partial charge in [-0.1, -0.05) is 12.1 Å². The summed E-state index contributed by atoms with van der Waals surface area (Å²) in [5.74, 6) is -0.135. The number of fused-ring (bicyclic) bond motifs is 1. The van der Waals surface area contributed by atoms with Crippen molar-refractivity contribution >= 4 is 39.4 Å². The van der Waals surface area contributed by atoms with Crippen molar-refractivity contribution in [2.24, 2.45) is 0 Å². The Morgan fingerprint density at radius 1 is 1.19 bits per heavy atom. The molecule has 4 rings (SSSR count). The number of urea groups is 1. The quantitative estimate of drug-likeness (QED) is 0.447. The number of nitrogens with one attached hydrogen (secondary N) is 2. The maximum Gasteiger partial charge on any atom is 0.573 e. The van der Waals surface area contributed by atoms with E-state index in [1.807, 2.05) is 0 Å². The fraction of sp³-hybridized carbons (Fsp3) is 0.217. The fourth-order valence-corrected chi connectivity index (χ4v) is 3.79. The van der Waals surface area contributed by atoms with Crippen molar-refractivity contribution in [1.29, 1.82) is 0 Å². The molecule has 0 spiro atoms. The second kappa shape index (κ2) is 10.4. The van der Waals surface area contributed by atoms with Gasteiger partial charge in [-0.25, -0.2) is 9.78 Å². The third-order valence-corrected chi connectivity index (χ3v) is 5.42. The number of hydrogen-bond acceptors (Lipinski definition) is 6. The summed E-state index contributed by atoms with van der Waals surface area (Å²) in [4.78, 5) is 34.9. The van der Waals surface area contributed by atoms with E-state index in [1.54, 1.807) is 31.5 Å². The van der Waals surface area contributed by atoms with Gasteiger partial charge in [0.05, 0.1) is 17.9 Å². The first-order valence-corrected chi connectivity index (χ1v) is 11.3. The van der Waals surface area contributed by atoms with Crippen LogP contribution in [0.15, 0.2) is 59.5 Å². The van der Waals surface area contributed by atoms with Crippen molar-refractivity contribution < 1.29 is 32.2 Å². The maximum absolute atomic E-state index is 13.2. The topological polar surface area (TPSA) is 106 Å². The average molecular weight is 566 g/mol. The van der Waals surface area contributed by atoms with Gasteiger partial charge in [-0.2, -0.15) is 0 Å². The molecule has 0 fully saturated rings. The molecule has 1 unspecified atom stereocenters. The zero-order chi connectivity index (χ0) is 25.9. The molecule has 1 aromatic carbocycles. The Kier molecular flexibility index (Phi) is 7.29. The van der Waals surface area contributed by atoms with E-state index in [0.29, 0.717) is 21.5 Å². The molecule has 0 saturated carbocycles. The van der Waals surface area contributed by atoms with Crippen LogP contribution in [0, 0.1) is 6.92 Å². The van der Waals surface area contributed by atoms with Crippen LogP contribution in [0.2, 0.25) is 0 Å². The minimum Gasteiger partial charge on any atom is -0.489 e. The Bertz CT molecular complexity index is 1270. The molecule has 3 amide bonds. The van der Waals surface area contributed by atoms with Gasteiger partial charge < -0.3 is 20.1 Å². The predicted octanol–water partition coefficient (Wildman–Crippen LogP) is 4.73. The number of nitrogens with zero attached hydrogens (tertiary/aromatic N) is 3. The molecule has 36 heavy (non-hydrogen) atoms. The highest BCUT2D eigenvalue weighted by molar-refractivity contribution is 9.10. The van der Waals surface area contributed by atoms with Crippen LogP contribution in [0.5, 0.6) is 11.5 Å². The van der Waals surface area contributed by atoms with Crippen molar-refractivity contribution in [3.63, 3.8) is 0 Å². The van der Waals surface area contributed by atoms with Crippen LogP contribution >= 0.6 is 15.9 Å². The van der Waals surface area contributed by atoms with Crippen LogP contribution in [0.1, 0.15) is 17.2 Å². The number of anilines is 2. The van der Waals surface area contributed by atoms with Gasteiger partial charge >= 0.3 is 12.4 Å². The monoisotopic (exact) mass is 565 g/mol. The Labute approximate surface area is 211 Å². The molecule has 1 aliphatic heterocycles. The van der Waals surface area contributed by atoms with E-state index in [-0.39, 0.29) is 19.0 Å². The van der Waals surface area contributed by atoms with Gasteiger partial charge in [-0.05, 0) is 58.2 Å². The summed E-state index contributed by atoms with van der Waals surface area (Å²) in [6, 6.07) is 6.95. The first kappa shape index (κ1) is 25.2. The van der Waals surface area contributed by atoms with Gasteiger partial charge in [-0.15, -0.1) is 13.2 Å². The number of hydrogen-bond donors (Lipinski definition) is 2. The number of carbonyl (C=O) groups is 2. The Morgan fingerprint density at radius 3 is 2.64 bits per heavy atom. The zero-order valence-corrected chi connectivity index (χ0v) is 20.3. The summed E-state index contributed by atoms with van der Waals surface area (Å²) >= 11 is 3.29. The lowest BCUT2D eigenvalue weighted by atomic mass is 10.1. The van der Waals surface area contributed by atoms with E-state index in [1.165, 1.54) is 23.2 Å². The molecule has 0 bridgehead atoms. The number of pyridine rings is 2. The highest BCUT2D eigenvalue weighted by atomic mass is 79.9. The summed E-state index contributed by atoms with van der Waals surface area (Å²) in [6.45, 7) is 1.45. The van der Waals surface area contributed by atoms with Crippen LogP contribution in [0.4, 0.5) is 29.5 Å². The number of benzene rings is 1. The minimum absolute atomic E-state index is 0.0857. The molecule has 0 saturated heterocycles. The molecule has 1 atom stereocenters. The molecule has 9 nitrogen and oxygen atoms in total. The summed E-state index contributed by atoms with van der Waals surface area (Å²) in [7, 11) is 0. The third kappa shape index (κ3) is 6.42. The Morgan fingerprint density at radius 2 is 1.94 bits per heavy atom. The van der Waals surface area contributed by atoms with Gasteiger partial charge in [0.25, 0.3) is 0 Å². The maximum atomic E-state index is 13.2. The second-order valence-corrected chi connectivity index (χ2v) is 8.70. The normalized spacial score (nSPS) is 13.9. The SMILES string of the molecule is Cc1cnc2c(c1)NC(=O)CN2C(=O)NC(COc1cncc(Br)c1)c1ccc(OC(F)(F)F)cc1. The molecule has 2 N–H and O–H groups in total. The van der Waals surface area contributed by atoms with Crippen LogP contribution in [-0.4, -0.2) is 41.4 Å². The van der Waals surface area contributed by atoms with E-state index in [9.17, 15) is 22.8 Å². The predicted molar refractivity (Wildman–Crippen MR) is 127 cm³/mol. The van der Waals surface area contributed by atoms with Gasteiger partial charge in [0.2, 0.25) is 5.91 Å². The van der Waals surface area contributed by atoms with E-state index in [4.69, 9.17) is 4.74 Å². The van der Waals surface area contributed by atoms with Crippen molar-refractivity contribution in [1.82, 2.24) is 15.3 Å². The number of aromatic nitrogens is 2. The van der Waals surface area contributed by atoms with Crippen molar-refractivity contribution in [2.45, 2.75) is 19.3 Å². The van der Waals surface area contributed by atoms with E-state index < -0.39 is 30.1 Å². The van der Waals surface area contributed by atoms with Crippen molar-refractivity contribution in [2.75, 3.05) is 23.4 Å². The van der Waals surface area contributed by atoms with Crippen LogP contribution in [0.3, 0.4) is 0 Å². The van der Waals surface area contributed by atoms with E-state index >= 15 is 0 Å². The number of alkyl halides is 3. The van der Waals surface area contributed by atoms with Crippen LogP contribution in [0.25, 0.3) is 0 Å². The van der Waals surface area contributed by atoms with Gasteiger partial charge in [-0.3, -0.25) is 14.7 Å². The molecule has 1 aliphatic rings. The Hall–Kier alpha value is -3.87. The molecule has 0 radical (unpaired) electrons. The number of amides is 3. The largest absolute Gasteiger partial charge is 0.573 e. The molecule has 188 valence electrons. The third-order valence-electron chi connectivity index (χ3n) is 4.99. The lowest BCUT2D eigenvalue weighted by Crippen LogP contribution is -2.49. The molecule has 0 aliphatic carbocycles. The molecule has 3 heterocycles. The fourth-order valence-electron chi connectivity index (χ4n) is 3.45. The second-order valence-electron chi connectivity index (χ2n) is 7.79. The first-order valence-electron chi connectivity index (χ1n) is 10.5. The van der Waals surface area contributed by atoms with Gasteiger partial charge in [0, 0.05) is 16.9 Å². The summed E-state index contributed by atoms with van der Waals surface area (Å²) < 4.78 is 48.0. The first-order chi connectivity index (χ1) is 17.1. The van der Waals surface area contributed by atoms with Crippen molar-refractivity contribution in [3.05, 3.63) is 70.6 Å². The molecule has 13 heteroatoms. The number of carbonyl (C=O) groups excluding carboxylic acids is 2.